The van der Waals surface area contributed by atoms with Crippen molar-refractivity contribution < 1.29 is 28.8 Å². The lowest BCUT2D eigenvalue weighted by atomic mass is 10.1. The van der Waals surface area contributed by atoms with Crippen LogP contribution in [0.1, 0.15) is 78.6 Å². The van der Waals surface area contributed by atoms with Gasteiger partial charge in [-0.15, -0.1) is 47.0 Å². The Kier molecular flexibility index (Phi) is 30.8. The third-order valence-electron chi connectivity index (χ3n) is 15.6. The van der Waals surface area contributed by atoms with Gasteiger partial charge in [-0.1, -0.05) is 65.7 Å². The summed E-state index contributed by atoms with van der Waals surface area (Å²) in [5, 5.41) is 0. The number of fused-ring (bicyclic) bond motifs is 3. The first kappa shape index (κ1) is 69.9. The molecule has 0 aromatic carbocycles. The van der Waals surface area contributed by atoms with Crippen molar-refractivity contribution >= 4 is 184 Å². The quantitative estimate of drug-likeness (QED) is 0.0170. The molecular weight excluding hydrogens is 1260 g/mol. The summed E-state index contributed by atoms with van der Waals surface area (Å²) in [7, 11) is 0. The van der Waals surface area contributed by atoms with Crippen LogP contribution in [0, 0.1) is 5.92 Å². The number of amides is 12. The topological polar surface area (TPSA) is 141 Å². The van der Waals surface area contributed by atoms with Gasteiger partial charge in [-0.25, -0.2) is 28.8 Å². The lowest BCUT2D eigenvalue weighted by Gasteiger charge is -2.30. The average molecular weight is 1350 g/mol. The van der Waals surface area contributed by atoms with Gasteiger partial charge in [-0.05, 0) is 18.8 Å². The minimum atomic E-state index is -0.470. The van der Waals surface area contributed by atoms with Crippen LogP contribution in [0.3, 0.4) is 0 Å². The number of rotatable bonds is 42. The average Bonchev–Trinajstić information content (AvgIpc) is 4.41. The summed E-state index contributed by atoms with van der Waals surface area (Å²) in [5.74, 6) is 7.13. The van der Waals surface area contributed by atoms with Crippen LogP contribution in [-0.2, 0) is 0 Å². The van der Waals surface area contributed by atoms with E-state index in [1.165, 1.54) is 0 Å². The zero-order chi connectivity index (χ0) is 58.8. The van der Waals surface area contributed by atoms with Crippen molar-refractivity contribution in [3.8, 4) is 0 Å². The Bertz CT molecular complexity index is 2010. The standard InChI is InChI=1S/C51H92N12O6S12/c1-4-5-6-7-11-38(78-33-21-60-42-40(54(15-27-72)48(60)66)52(13-25-70)46(64)56(42)17-29-74)79-34-23-62-44-45(59(20-32-77)50(62)68)63(51(69)58(44)19-31-76)24-36-81-39(12-9-8-10-37(2)3)80-35-22-61-43-41(55(16-28-73)49(61)67)53(14-26-71)47(65)57(43)18-30-75/h37-45,70-77H,4-36H2,1-3H3. The molecule has 18 nitrogen and oxygen atoms in total. The van der Waals surface area contributed by atoms with Crippen molar-refractivity contribution in [2.45, 2.75) is 125 Å². The van der Waals surface area contributed by atoms with Crippen LogP contribution < -0.4 is 0 Å². The number of carbonyl (C=O) groups is 6. The highest BCUT2D eigenvalue weighted by Gasteiger charge is 2.61. The first-order chi connectivity index (χ1) is 39.2. The Hall–Kier alpha value is -0.180. The van der Waals surface area contributed by atoms with E-state index in [9.17, 15) is 28.8 Å². The van der Waals surface area contributed by atoms with Gasteiger partial charge in [0.05, 0.1) is 9.16 Å². The summed E-state index contributed by atoms with van der Waals surface area (Å²) < 4.78 is 0.414. The van der Waals surface area contributed by atoms with Crippen LogP contribution in [0.5, 0.6) is 0 Å². The maximum absolute atomic E-state index is 14.6. The minimum Gasteiger partial charge on any atom is -0.299 e. The Morgan fingerprint density at radius 3 is 0.704 bits per heavy atom. The van der Waals surface area contributed by atoms with E-state index < -0.39 is 37.0 Å². The Labute approximate surface area is 545 Å². The second-order valence-electron chi connectivity index (χ2n) is 21.2. The maximum Gasteiger partial charge on any atom is 0.323 e. The highest BCUT2D eigenvalue weighted by molar-refractivity contribution is 8.17. The number of nitrogens with zero attached hydrogens (tertiary/aromatic N) is 12. The summed E-state index contributed by atoms with van der Waals surface area (Å²) in [6.07, 6.45) is 7.22. The van der Waals surface area contributed by atoms with E-state index >= 15 is 0 Å². The van der Waals surface area contributed by atoms with Gasteiger partial charge in [0, 0.05) is 148 Å². The summed E-state index contributed by atoms with van der Waals surface area (Å²) in [5.41, 5.74) is 0. The third kappa shape index (κ3) is 17.0. The fourth-order valence-electron chi connectivity index (χ4n) is 12.0. The predicted molar refractivity (Wildman–Crippen MR) is 366 cm³/mol. The van der Waals surface area contributed by atoms with E-state index in [0.717, 1.165) is 57.8 Å². The summed E-state index contributed by atoms with van der Waals surface area (Å²) in [6, 6.07) is -0.533. The molecule has 6 heterocycles. The second kappa shape index (κ2) is 35.7. The van der Waals surface area contributed by atoms with Crippen molar-refractivity contribution in [3.63, 3.8) is 0 Å². The number of hydrogen-bond donors (Lipinski definition) is 8. The molecule has 0 aromatic heterocycles. The van der Waals surface area contributed by atoms with Gasteiger partial charge in [0.2, 0.25) is 0 Å². The van der Waals surface area contributed by atoms with Crippen LogP contribution in [0.4, 0.5) is 28.8 Å². The first-order valence-electron chi connectivity index (χ1n) is 29.0. The minimum absolute atomic E-state index is 0.0823. The molecule has 30 heteroatoms. The molecule has 6 aliphatic rings. The number of unbranched alkanes of at least 4 members (excludes halogenated alkanes) is 4. The molecule has 6 fully saturated rings. The van der Waals surface area contributed by atoms with E-state index in [-0.39, 0.29) is 45.4 Å². The number of carbonyl (C=O) groups excluding carboxylic acids is 6. The van der Waals surface area contributed by atoms with E-state index in [2.05, 4.69) is 122 Å². The van der Waals surface area contributed by atoms with Gasteiger partial charge in [-0.2, -0.15) is 101 Å². The predicted octanol–water partition coefficient (Wildman–Crippen LogP) is 8.58. The molecule has 0 N–H and O–H groups in total. The summed E-state index contributed by atoms with van der Waals surface area (Å²) in [4.78, 5) is 107. The monoisotopic (exact) mass is 1350 g/mol. The Morgan fingerprint density at radius 1 is 0.309 bits per heavy atom. The lowest BCUT2D eigenvalue weighted by molar-refractivity contribution is 0.136. The van der Waals surface area contributed by atoms with Gasteiger partial charge < -0.3 is 0 Å². The molecule has 0 saturated carbocycles. The fraction of sp³-hybridized carbons (Fsp3) is 0.882. The van der Waals surface area contributed by atoms with E-state index in [4.69, 9.17) is 0 Å². The SMILES string of the molecule is CCCCCCC(SCCN1C(=O)N(CCS)C2C1N(CCS)C(=O)N2CCS)SCCN1C(=O)N(CCS)C2C1N(CCS)C(=O)N2CCSC(CCCCC(C)C)SCCN1C(=O)N(CCS)C2C1N(CCS)C(=O)N2CCS. The molecule has 6 rings (SSSR count). The van der Waals surface area contributed by atoms with Crippen molar-refractivity contribution in [2.24, 2.45) is 5.92 Å². The fourth-order valence-corrected chi connectivity index (χ4v) is 19.3. The number of thiol groups is 8. The lowest BCUT2D eigenvalue weighted by Crippen LogP contribution is -2.48. The van der Waals surface area contributed by atoms with Crippen LogP contribution in [-0.4, -0.2) is 289 Å². The molecule has 0 spiro atoms. The summed E-state index contributed by atoms with van der Waals surface area (Å²) >= 11 is 43.4. The van der Waals surface area contributed by atoms with Gasteiger partial charge in [0.1, 0.15) is 37.0 Å². The molecule has 8 atom stereocenters. The molecule has 0 radical (unpaired) electrons. The van der Waals surface area contributed by atoms with Crippen LogP contribution in [0.25, 0.3) is 0 Å². The molecule has 6 saturated heterocycles. The van der Waals surface area contributed by atoms with Crippen molar-refractivity contribution in [3.05, 3.63) is 0 Å². The van der Waals surface area contributed by atoms with Crippen molar-refractivity contribution in [2.75, 3.05) is 148 Å². The van der Waals surface area contributed by atoms with Gasteiger partial charge in [-0.3, -0.25) is 58.8 Å². The van der Waals surface area contributed by atoms with Crippen LogP contribution in [0.2, 0.25) is 0 Å². The molecule has 464 valence electrons. The van der Waals surface area contributed by atoms with Gasteiger partial charge in [0.15, 0.2) is 0 Å². The second-order valence-corrected chi connectivity index (χ2v) is 30.6. The van der Waals surface area contributed by atoms with Gasteiger partial charge >= 0.3 is 36.2 Å². The highest BCUT2D eigenvalue weighted by atomic mass is 32.2. The Morgan fingerprint density at radius 2 is 0.506 bits per heavy atom. The zero-order valence-corrected chi connectivity index (χ0v) is 58.0. The molecule has 8 unspecified atom stereocenters. The normalized spacial score (nSPS) is 23.7. The number of urea groups is 6. The van der Waals surface area contributed by atoms with Crippen LogP contribution >= 0.6 is 148 Å². The molecule has 0 aromatic rings. The largest absolute Gasteiger partial charge is 0.323 e. The molecule has 12 amide bonds. The van der Waals surface area contributed by atoms with Crippen molar-refractivity contribution in [1.29, 1.82) is 0 Å². The number of thioether (sulfide) groups is 4. The van der Waals surface area contributed by atoms with E-state index in [1.807, 2.05) is 76.4 Å². The van der Waals surface area contributed by atoms with Gasteiger partial charge in [0.25, 0.3) is 0 Å². The van der Waals surface area contributed by atoms with E-state index in [0.29, 0.717) is 153 Å². The number of hydrogen-bond acceptors (Lipinski definition) is 18. The zero-order valence-electron chi connectivity index (χ0n) is 47.6. The summed E-state index contributed by atoms with van der Waals surface area (Å²) in [6.45, 7) is 12.0. The molecule has 81 heavy (non-hydrogen) atoms. The van der Waals surface area contributed by atoms with Crippen molar-refractivity contribution in [1.82, 2.24) is 58.8 Å². The third-order valence-corrected chi connectivity index (χ3v) is 23.0. The van der Waals surface area contributed by atoms with E-state index in [1.54, 1.807) is 29.4 Å². The maximum atomic E-state index is 14.6. The molecule has 0 bridgehead atoms. The smallest absolute Gasteiger partial charge is 0.299 e. The Balaban J connectivity index is 1.11. The first-order valence-corrected chi connectivity index (χ1v) is 38.3. The molecular formula is C51H92N12O6S12. The molecule has 0 aliphatic carbocycles. The highest BCUT2D eigenvalue weighted by Crippen LogP contribution is 2.41. The van der Waals surface area contributed by atoms with Crippen LogP contribution in [0.15, 0.2) is 0 Å². The molecule has 6 aliphatic heterocycles.